The summed E-state index contributed by atoms with van der Waals surface area (Å²) in [6.45, 7) is 0.0415. The Bertz CT molecular complexity index is 684. The number of aliphatic hydroxyl groups is 1. The fraction of sp³-hybridized carbons (Fsp3) is 0.200. The van der Waals surface area contributed by atoms with Crippen LogP contribution in [0.15, 0.2) is 53.5 Å². The Morgan fingerprint density at radius 1 is 1.29 bits per heavy atom. The van der Waals surface area contributed by atoms with E-state index >= 15 is 0 Å². The summed E-state index contributed by atoms with van der Waals surface area (Å²) in [5.41, 5.74) is -0.0490. The molecule has 1 amide bonds. The highest BCUT2D eigenvalue weighted by Crippen LogP contribution is 2.03. The first-order chi connectivity index (χ1) is 10.1. The predicted molar refractivity (Wildman–Crippen MR) is 75.4 cm³/mol. The highest BCUT2D eigenvalue weighted by molar-refractivity contribution is 5.94. The average molecular weight is 290 g/mol. The molecule has 0 aliphatic rings. The Morgan fingerprint density at radius 2 is 2.10 bits per heavy atom. The summed E-state index contributed by atoms with van der Waals surface area (Å²) in [5, 5.41) is 12.3. The zero-order valence-corrected chi connectivity index (χ0v) is 11.2. The summed E-state index contributed by atoms with van der Waals surface area (Å²) in [6, 6.07) is 9.95. The van der Waals surface area contributed by atoms with Crippen LogP contribution in [-0.2, 0) is 6.54 Å². The van der Waals surface area contributed by atoms with Crippen LogP contribution in [-0.4, -0.2) is 28.2 Å². The smallest absolute Gasteiger partial charge is 0.251 e. The summed E-state index contributed by atoms with van der Waals surface area (Å²) in [6.07, 6.45) is 0.641. The zero-order valence-electron chi connectivity index (χ0n) is 11.2. The molecule has 0 spiro atoms. The first-order valence-corrected chi connectivity index (χ1v) is 6.43. The predicted octanol–water partition coefficient (Wildman–Crippen LogP) is 0.778. The van der Waals surface area contributed by atoms with Crippen LogP contribution in [0.25, 0.3) is 0 Å². The molecule has 6 heteroatoms. The van der Waals surface area contributed by atoms with E-state index in [1.807, 2.05) is 0 Å². The van der Waals surface area contributed by atoms with Crippen LogP contribution in [0.3, 0.4) is 0 Å². The second-order valence-corrected chi connectivity index (χ2v) is 4.57. The molecule has 1 heterocycles. The minimum atomic E-state index is -0.914. The van der Waals surface area contributed by atoms with Crippen molar-refractivity contribution in [3.8, 4) is 0 Å². The minimum absolute atomic E-state index is 0.0311. The number of nitrogens with zero attached hydrogens (tertiary/aromatic N) is 1. The number of carbonyl (C=O) groups is 1. The largest absolute Gasteiger partial charge is 0.389 e. The van der Waals surface area contributed by atoms with E-state index in [1.54, 1.807) is 18.3 Å². The molecule has 0 saturated carbocycles. The molecule has 1 atom stereocenters. The van der Waals surface area contributed by atoms with Gasteiger partial charge >= 0.3 is 0 Å². The fourth-order valence-corrected chi connectivity index (χ4v) is 1.85. The fourth-order valence-electron chi connectivity index (χ4n) is 1.85. The van der Waals surface area contributed by atoms with Crippen molar-refractivity contribution in [2.24, 2.45) is 0 Å². The summed E-state index contributed by atoms with van der Waals surface area (Å²) >= 11 is 0. The molecule has 0 aliphatic heterocycles. The van der Waals surface area contributed by atoms with E-state index < -0.39 is 17.8 Å². The number of benzene rings is 1. The topological polar surface area (TPSA) is 71.3 Å². The maximum absolute atomic E-state index is 13.0. The van der Waals surface area contributed by atoms with Gasteiger partial charge in [0.2, 0.25) is 0 Å². The van der Waals surface area contributed by atoms with E-state index in [9.17, 15) is 19.1 Å². The zero-order chi connectivity index (χ0) is 15.2. The lowest BCUT2D eigenvalue weighted by Gasteiger charge is -2.13. The molecule has 1 aromatic carbocycles. The molecule has 110 valence electrons. The van der Waals surface area contributed by atoms with Crippen LogP contribution >= 0.6 is 0 Å². The number of amides is 1. The van der Waals surface area contributed by atoms with Crippen LogP contribution in [0.1, 0.15) is 10.4 Å². The molecular weight excluding hydrogens is 275 g/mol. The molecule has 5 nitrogen and oxygen atoms in total. The number of aromatic nitrogens is 1. The van der Waals surface area contributed by atoms with Crippen molar-refractivity contribution in [1.82, 2.24) is 9.88 Å². The number of halogens is 1. The van der Waals surface area contributed by atoms with E-state index in [1.165, 1.54) is 28.8 Å². The maximum atomic E-state index is 13.0. The Labute approximate surface area is 120 Å². The number of hydrogen-bond donors (Lipinski definition) is 2. The second kappa shape index (κ2) is 6.81. The quantitative estimate of drug-likeness (QED) is 0.855. The summed E-state index contributed by atoms with van der Waals surface area (Å²) < 4.78 is 14.3. The van der Waals surface area contributed by atoms with Crippen molar-refractivity contribution in [2.45, 2.75) is 12.6 Å². The van der Waals surface area contributed by atoms with E-state index in [0.29, 0.717) is 0 Å². The van der Waals surface area contributed by atoms with Crippen LogP contribution in [0.2, 0.25) is 0 Å². The number of nitrogens with one attached hydrogen (secondary N) is 1. The van der Waals surface area contributed by atoms with Gasteiger partial charge in [0.25, 0.3) is 11.5 Å². The van der Waals surface area contributed by atoms with E-state index in [0.717, 1.165) is 6.07 Å². The van der Waals surface area contributed by atoms with Gasteiger partial charge in [-0.3, -0.25) is 9.59 Å². The van der Waals surface area contributed by atoms with Gasteiger partial charge in [-0.25, -0.2) is 4.39 Å². The Hall–Kier alpha value is -2.47. The lowest BCUT2D eigenvalue weighted by Crippen LogP contribution is -2.36. The minimum Gasteiger partial charge on any atom is -0.389 e. The third-order valence-corrected chi connectivity index (χ3v) is 2.89. The molecule has 2 N–H and O–H groups in total. The van der Waals surface area contributed by atoms with Gasteiger partial charge in [-0.15, -0.1) is 0 Å². The number of carbonyl (C=O) groups excluding carboxylic acids is 1. The van der Waals surface area contributed by atoms with E-state index in [2.05, 4.69) is 5.32 Å². The number of pyridine rings is 1. The van der Waals surface area contributed by atoms with E-state index in [4.69, 9.17) is 0 Å². The lowest BCUT2D eigenvalue weighted by molar-refractivity contribution is 0.0902. The Kier molecular flexibility index (Phi) is 4.84. The average Bonchev–Trinajstić information content (AvgIpc) is 2.47. The van der Waals surface area contributed by atoms with E-state index in [-0.39, 0.29) is 24.2 Å². The molecule has 21 heavy (non-hydrogen) atoms. The van der Waals surface area contributed by atoms with Gasteiger partial charge in [0, 0.05) is 24.4 Å². The van der Waals surface area contributed by atoms with Gasteiger partial charge < -0.3 is 15.0 Å². The van der Waals surface area contributed by atoms with Crippen molar-refractivity contribution in [3.63, 3.8) is 0 Å². The molecular formula is C15H15FN2O3. The first kappa shape index (κ1) is 14.9. The van der Waals surface area contributed by atoms with Gasteiger partial charge in [0.1, 0.15) is 5.82 Å². The SMILES string of the molecule is O=C(NCC(O)Cn1ccccc1=O)c1cccc(F)c1. The number of hydrogen-bond acceptors (Lipinski definition) is 3. The molecule has 2 aromatic rings. The standard InChI is InChI=1S/C15H15FN2O3/c16-12-5-3-4-11(8-12)15(21)17-9-13(19)10-18-7-2-1-6-14(18)20/h1-8,13,19H,9-10H2,(H,17,21). The Morgan fingerprint density at radius 3 is 2.81 bits per heavy atom. The van der Waals surface area contributed by atoms with Crippen LogP contribution < -0.4 is 10.9 Å². The number of rotatable bonds is 5. The van der Waals surface area contributed by atoms with Crippen molar-refractivity contribution >= 4 is 5.91 Å². The summed E-state index contributed by atoms with van der Waals surface area (Å²) in [5.74, 6) is -0.979. The molecule has 1 unspecified atom stereocenters. The summed E-state index contributed by atoms with van der Waals surface area (Å²) in [4.78, 5) is 23.2. The first-order valence-electron chi connectivity index (χ1n) is 6.43. The third kappa shape index (κ3) is 4.25. The van der Waals surface area contributed by atoms with Gasteiger partial charge in [0.15, 0.2) is 0 Å². The Balaban J connectivity index is 1.89. The second-order valence-electron chi connectivity index (χ2n) is 4.57. The van der Waals surface area contributed by atoms with Crippen molar-refractivity contribution in [2.75, 3.05) is 6.54 Å². The van der Waals surface area contributed by atoms with Crippen molar-refractivity contribution < 1.29 is 14.3 Å². The third-order valence-electron chi connectivity index (χ3n) is 2.89. The maximum Gasteiger partial charge on any atom is 0.251 e. The van der Waals surface area contributed by atoms with Crippen LogP contribution in [0.4, 0.5) is 4.39 Å². The van der Waals surface area contributed by atoms with Crippen LogP contribution in [0, 0.1) is 5.82 Å². The lowest BCUT2D eigenvalue weighted by atomic mass is 10.2. The molecule has 0 saturated heterocycles. The molecule has 0 bridgehead atoms. The van der Waals surface area contributed by atoms with Gasteiger partial charge in [-0.05, 0) is 24.3 Å². The van der Waals surface area contributed by atoms with Gasteiger partial charge in [-0.2, -0.15) is 0 Å². The van der Waals surface area contributed by atoms with Crippen molar-refractivity contribution in [3.05, 3.63) is 70.4 Å². The monoisotopic (exact) mass is 290 g/mol. The molecule has 1 aromatic heterocycles. The highest BCUT2D eigenvalue weighted by atomic mass is 19.1. The van der Waals surface area contributed by atoms with Crippen LogP contribution in [0.5, 0.6) is 0 Å². The molecule has 2 rings (SSSR count). The van der Waals surface area contributed by atoms with Gasteiger partial charge in [-0.1, -0.05) is 12.1 Å². The number of aliphatic hydroxyl groups excluding tert-OH is 1. The van der Waals surface area contributed by atoms with Crippen molar-refractivity contribution in [1.29, 1.82) is 0 Å². The molecule has 0 radical (unpaired) electrons. The molecule has 0 fully saturated rings. The van der Waals surface area contributed by atoms with Gasteiger partial charge in [0.05, 0.1) is 12.6 Å². The summed E-state index contributed by atoms with van der Waals surface area (Å²) in [7, 11) is 0. The highest BCUT2D eigenvalue weighted by Gasteiger charge is 2.10. The normalized spacial score (nSPS) is 11.9. The molecule has 0 aliphatic carbocycles.